The highest BCUT2D eigenvalue weighted by Gasteiger charge is 2.32. The topological polar surface area (TPSA) is 99.5 Å². The average molecular weight is 946 g/mol. The second-order valence-corrected chi connectivity index (χ2v) is 20.9. The lowest BCUT2D eigenvalue weighted by atomic mass is 9.68. The van der Waals surface area contributed by atoms with Gasteiger partial charge in [-0.1, -0.05) is 94.9 Å². The molecule has 0 radical (unpaired) electrons. The molecule has 3 aliphatic rings. The summed E-state index contributed by atoms with van der Waals surface area (Å²) in [6, 6.07) is 22.6. The fourth-order valence-electron chi connectivity index (χ4n) is 10.9. The second kappa shape index (κ2) is 27.5. The van der Waals surface area contributed by atoms with Crippen LogP contribution in [0.4, 0.5) is 5.13 Å². The highest BCUT2D eigenvalue weighted by Crippen LogP contribution is 2.45. The highest BCUT2D eigenvalue weighted by molar-refractivity contribution is 7.22. The number of hydrogen-bond acceptors (Lipinski definition) is 10. The summed E-state index contributed by atoms with van der Waals surface area (Å²) in [6.45, 7) is 10.5. The van der Waals surface area contributed by atoms with Crippen LogP contribution < -0.4 is 19.2 Å². The molecule has 0 saturated heterocycles. The van der Waals surface area contributed by atoms with Crippen LogP contribution in [-0.4, -0.2) is 49.5 Å². The number of carbonyl (C=O) groups excluding carboxylic acids is 2. The van der Waals surface area contributed by atoms with E-state index in [1.54, 1.807) is 11.3 Å². The number of ether oxygens (including phenoxy) is 4. The Kier molecular flexibility index (Phi) is 20.7. The lowest BCUT2D eigenvalue weighted by Crippen LogP contribution is -2.27. The van der Waals surface area contributed by atoms with E-state index < -0.39 is 0 Å². The van der Waals surface area contributed by atoms with Gasteiger partial charge in [0.15, 0.2) is 0 Å². The van der Waals surface area contributed by atoms with E-state index in [2.05, 4.69) is 67.9 Å². The zero-order chi connectivity index (χ0) is 47.3. The first-order chi connectivity index (χ1) is 33.4. The van der Waals surface area contributed by atoms with Crippen LogP contribution in [0.25, 0.3) is 10.2 Å². The van der Waals surface area contributed by atoms with Crippen molar-refractivity contribution in [2.75, 3.05) is 31.4 Å². The summed E-state index contributed by atoms with van der Waals surface area (Å²) in [7, 11) is 0. The van der Waals surface area contributed by atoms with Crippen LogP contribution in [0.1, 0.15) is 172 Å². The largest absolute Gasteiger partial charge is 0.494 e. The second-order valence-electron chi connectivity index (χ2n) is 19.9. The Morgan fingerprint density at radius 1 is 0.735 bits per heavy atom. The van der Waals surface area contributed by atoms with Gasteiger partial charge in [0, 0.05) is 18.2 Å². The first kappa shape index (κ1) is 51.2. The molecule has 0 atom stereocenters. The van der Waals surface area contributed by atoms with Crippen LogP contribution in [0, 0.1) is 29.6 Å². The number of thiazole rings is 1. The number of para-hydroxylation sites is 1. The van der Waals surface area contributed by atoms with Crippen molar-refractivity contribution in [3.8, 4) is 17.2 Å². The molecule has 4 aromatic rings. The van der Waals surface area contributed by atoms with Crippen molar-refractivity contribution in [1.82, 2.24) is 4.98 Å². The summed E-state index contributed by atoms with van der Waals surface area (Å²) < 4.78 is 24.7. The number of hydrogen-bond donors (Lipinski definition) is 0. The van der Waals surface area contributed by atoms with Crippen molar-refractivity contribution in [2.45, 2.75) is 161 Å². The molecule has 0 N–H and O–H groups in total. The third-order valence-electron chi connectivity index (χ3n) is 15.0. The molecule has 0 unspecified atom stereocenters. The number of rotatable bonds is 26. The SMILES string of the molecule is C=CC(=O)OCCCCCCOc1ccc(OC(=O)C2CCC(COc3ccc(C4CCC(C5CCC(CCC)CC5)CC4)cc3/C=N/N(CCCCCC)c3nc4ccccc4s3)CC2)cc1. The predicted molar refractivity (Wildman–Crippen MR) is 278 cm³/mol. The lowest BCUT2D eigenvalue weighted by molar-refractivity contribution is -0.140. The molecule has 0 amide bonds. The van der Waals surface area contributed by atoms with E-state index in [1.165, 1.54) is 99.8 Å². The van der Waals surface area contributed by atoms with Crippen molar-refractivity contribution in [3.05, 3.63) is 90.5 Å². The van der Waals surface area contributed by atoms with E-state index in [9.17, 15) is 9.59 Å². The van der Waals surface area contributed by atoms with E-state index in [1.807, 2.05) is 30.5 Å². The average Bonchev–Trinajstić information content (AvgIpc) is 3.82. The number of esters is 2. The van der Waals surface area contributed by atoms with Crippen molar-refractivity contribution >= 4 is 44.8 Å². The number of carbonyl (C=O) groups is 2. The first-order valence-corrected chi connectivity index (χ1v) is 27.4. The van der Waals surface area contributed by atoms with Gasteiger partial charge in [0.05, 0.1) is 42.2 Å². The summed E-state index contributed by atoms with van der Waals surface area (Å²) in [6.07, 6.45) is 28.7. The number of anilines is 1. The van der Waals surface area contributed by atoms with Gasteiger partial charge < -0.3 is 18.9 Å². The molecule has 0 bridgehead atoms. The van der Waals surface area contributed by atoms with Gasteiger partial charge in [-0.25, -0.2) is 14.8 Å². The Hall–Kier alpha value is -4.70. The molecule has 3 aliphatic carbocycles. The molecular weight excluding hydrogens is 867 g/mol. The molecule has 1 heterocycles. The van der Waals surface area contributed by atoms with E-state index >= 15 is 0 Å². The Labute approximate surface area is 411 Å². The van der Waals surface area contributed by atoms with Crippen LogP contribution in [0.15, 0.2) is 84.5 Å². The predicted octanol–water partition coefficient (Wildman–Crippen LogP) is 15.1. The van der Waals surface area contributed by atoms with Gasteiger partial charge >= 0.3 is 11.9 Å². The van der Waals surface area contributed by atoms with Gasteiger partial charge in [-0.3, -0.25) is 4.79 Å². The summed E-state index contributed by atoms with van der Waals surface area (Å²) in [5.74, 6) is 5.21. The van der Waals surface area contributed by atoms with Crippen LogP contribution >= 0.6 is 11.3 Å². The quantitative estimate of drug-likeness (QED) is 0.0153. The van der Waals surface area contributed by atoms with Gasteiger partial charge in [0.25, 0.3) is 0 Å². The van der Waals surface area contributed by atoms with Crippen LogP contribution in [0.5, 0.6) is 17.2 Å². The van der Waals surface area contributed by atoms with E-state index in [-0.39, 0.29) is 17.9 Å². The number of aromatic nitrogens is 1. The molecule has 0 aliphatic heterocycles. The van der Waals surface area contributed by atoms with E-state index in [0.29, 0.717) is 37.4 Å². The molecule has 3 fully saturated rings. The minimum Gasteiger partial charge on any atom is -0.494 e. The number of unbranched alkanes of at least 4 members (excludes halogenated alkanes) is 6. The summed E-state index contributed by atoms with van der Waals surface area (Å²) >= 11 is 1.71. The van der Waals surface area contributed by atoms with E-state index in [4.69, 9.17) is 29.0 Å². The van der Waals surface area contributed by atoms with Gasteiger partial charge in [-0.2, -0.15) is 5.10 Å². The van der Waals surface area contributed by atoms with Crippen molar-refractivity contribution < 1.29 is 28.5 Å². The lowest BCUT2D eigenvalue weighted by Gasteiger charge is -2.38. The summed E-state index contributed by atoms with van der Waals surface area (Å²) in [4.78, 5) is 29.4. The van der Waals surface area contributed by atoms with Gasteiger partial charge in [0.2, 0.25) is 5.13 Å². The standard InChI is InChI=1S/C58H79N3O6S/c1-4-7-8-13-37-61(58-60-53-17-11-12-18-55(53)68-58)59-41-50-40-49(47-29-27-46(28-30-47)45-23-19-43(16-5-2)20-24-45)31-36-54(50)66-42-44-21-25-48(26-22-44)57(63)67-52-34-32-51(33-35-52)64-38-14-9-10-15-39-65-56(62)6-3/h6,11-12,17-18,31-36,40-41,43-48H,3-5,7-10,13-16,19-30,37-39,42H2,1-2H3/b59-41+. The number of fused-ring (bicyclic) bond motifs is 1. The highest BCUT2D eigenvalue weighted by atomic mass is 32.1. The van der Waals surface area contributed by atoms with Crippen molar-refractivity contribution in [3.63, 3.8) is 0 Å². The monoisotopic (exact) mass is 946 g/mol. The maximum Gasteiger partial charge on any atom is 0.330 e. The molecule has 3 saturated carbocycles. The van der Waals surface area contributed by atoms with Gasteiger partial charge in [-0.05, 0) is 180 Å². The number of hydrazone groups is 1. The first-order valence-electron chi connectivity index (χ1n) is 26.6. The fourth-order valence-corrected chi connectivity index (χ4v) is 11.8. The summed E-state index contributed by atoms with van der Waals surface area (Å²) in [5.41, 5.74) is 3.46. The zero-order valence-electron chi connectivity index (χ0n) is 41.3. The number of benzene rings is 3. The molecule has 7 rings (SSSR count). The van der Waals surface area contributed by atoms with Crippen molar-refractivity contribution in [1.29, 1.82) is 0 Å². The Morgan fingerprint density at radius 3 is 2.15 bits per heavy atom. The zero-order valence-corrected chi connectivity index (χ0v) is 42.1. The molecule has 3 aromatic carbocycles. The van der Waals surface area contributed by atoms with Gasteiger partial charge in [-0.15, -0.1) is 0 Å². The molecule has 68 heavy (non-hydrogen) atoms. The molecule has 1 aromatic heterocycles. The molecule has 10 heteroatoms. The van der Waals surface area contributed by atoms with Crippen LogP contribution in [-0.2, 0) is 14.3 Å². The normalized spacial score (nSPS) is 21.9. The Morgan fingerprint density at radius 2 is 1.43 bits per heavy atom. The number of nitrogens with zero attached hydrogens (tertiary/aromatic N) is 3. The minimum absolute atomic E-state index is 0.124. The smallest absolute Gasteiger partial charge is 0.330 e. The molecule has 368 valence electrons. The fraction of sp³-hybridized carbons (Fsp3) is 0.586. The third-order valence-corrected chi connectivity index (χ3v) is 16.1. The molecule has 0 spiro atoms. The maximum absolute atomic E-state index is 13.3. The third kappa shape index (κ3) is 15.7. The molecular formula is C58H79N3O6S. The van der Waals surface area contributed by atoms with Crippen molar-refractivity contribution in [2.24, 2.45) is 34.7 Å². The maximum atomic E-state index is 13.3. The Bertz CT molecular complexity index is 2130. The van der Waals surface area contributed by atoms with Gasteiger partial charge in [0.1, 0.15) is 17.2 Å². The van der Waals surface area contributed by atoms with Crippen LogP contribution in [0.2, 0.25) is 0 Å². The van der Waals surface area contributed by atoms with Crippen LogP contribution in [0.3, 0.4) is 0 Å². The summed E-state index contributed by atoms with van der Waals surface area (Å²) in [5, 5.41) is 8.24. The molecule has 9 nitrogen and oxygen atoms in total. The Balaban J connectivity index is 0.930. The van der Waals surface area contributed by atoms with E-state index in [0.717, 1.165) is 110 Å². The minimum atomic E-state index is -0.377.